The Balaban J connectivity index is 2.44. The molecule has 0 saturated carbocycles. The van der Waals surface area contributed by atoms with Crippen LogP contribution in [-0.2, 0) is 11.2 Å². The normalized spacial score (nSPS) is 11.4. The lowest BCUT2D eigenvalue weighted by Gasteiger charge is -2.30. The summed E-state index contributed by atoms with van der Waals surface area (Å²) >= 11 is 0. The van der Waals surface area contributed by atoms with E-state index in [1.807, 2.05) is 12.1 Å². The van der Waals surface area contributed by atoms with Gasteiger partial charge in [0.1, 0.15) is 0 Å². The van der Waals surface area contributed by atoms with E-state index in [2.05, 4.69) is 30.9 Å². The number of rotatable bonds is 10. The number of hydrogen-bond donors (Lipinski definition) is 1. The number of benzene rings is 1. The minimum Gasteiger partial charge on any atom is -0.399 e. The average Bonchev–Trinajstić information content (AvgIpc) is 2.45. The minimum absolute atomic E-state index is 0.672. The number of nitrogens with two attached hydrogens (primary N) is 1. The van der Waals surface area contributed by atoms with E-state index in [9.17, 15) is 0 Å². The molecule has 3 heteroatoms. The Morgan fingerprint density at radius 2 is 1.95 bits per heavy atom. The van der Waals surface area contributed by atoms with Crippen LogP contribution in [0, 0.1) is 0 Å². The summed E-state index contributed by atoms with van der Waals surface area (Å²) in [6.45, 7) is 7.51. The molecule has 0 bridgehead atoms. The molecule has 0 spiro atoms. The first-order chi connectivity index (χ1) is 9.71. The van der Waals surface area contributed by atoms with Gasteiger partial charge in [-0.3, -0.25) is 4.90 Å². The van der Waals surface area contributed by atoms with Crippen molar-refractivity contribution in [3.05, 3.63) is 29.8 Å². The van der Waals surface area contributed by atoms with Gasteiger partial charge in [-0.2, -0.15) is 0 Å². The number of nitrogen functional groups attached to an aromatic ring is 1. The van der Waals surface area contributed by atoms with Crippen LogP contribution < -0.4 is 5.73 Å². The zero-order chi connectivity index (χ0) is 14.8. The fraction of sp³-hybridized carbons (Fsp3) is 0.647. The van der Waals surface area contributed by atoms with E-state index in [1.54, 1.807) is 7.11 Å². The van der Waals surface area contributed by atoms with Gasteiger partial charge in [0.25, 0.3) is 0 Å². The number of ether oxygens (including phenoxy) is 1. The monoisotopic (exact) mass is 278 g/mol. The molecule has 1 aromatic carbocycles. The molecule has 1 rings (SSSR count). The van der Waals surface area contributed by atoms with Gasteiger partial charge in [-0.25, -0.2) is 0 Å². The molecule has 0 atom stereocenters. The Morgan fingerprint density at radius 1 is 1.20 bits per heavy atom. The Hall–Kier alpha value is -1.06. The van der Waals surface area contributed by atoms with Crippen molar-refractivity contribution >= 4 is 5.69 Å². The second kappa shape index (κ2) is 9.78. The molecule has 114 valence electrons. The highest BCUT2D eigenvalue weighted by molar-refractivity contribution is 5.40. The molecule has 2 N–H and O–H groups in total. The van der Waals surface area contributed by atoms with Gasteiger partial charge in [0, 0.05) is 25.4 Å². The first kappa shape index (κ1) is 17.0. The van der Waals surface area contributed by atoms with Crippen molar-refractivity contribution in [2.45, 2.75) is 45.6 Å². The number of methoxy groups -OCH3 is 1. The van der Waals surface area contributed by atoms with Gasteiger partial charge in [0.2, 0.25) is 0 Å². The summed E-state index contributed by atoms with van der Waals surface area (Å²) in [6, 6.07) is 8.89. The van der Waals surface area contributed by atoms with Crippen LogP contribution in [0.5, 0.6) is 0 Å². The van der Waals surface area contributed by atoms with Crippen molar-refractivity contribution in [2.24, 2.45) is 0 Å². The quantitative estimate of drug-likeness (QED) is 0.667. The standard InChI is InChI=1S/C17H30N2O/c1-4-17(5-2)19(12-13-20-3)11-7-9-15-8-6-10-16(18)14-15/h6,8,10,14,17H,4-5,7,9,11-13,18H2,1-3H3. The molecule has 1 aromatic rings. The average molecular weight is 278 g/mol. The lowest BCUT2D eigenvalue weighted by atomic mass is 10.1. The number of anilines is 1. The van der Waals surface area contributed by atoms with Crippen LogP contribution in [0.3, 0.4) is 0 Å². The summed E-state index contributed by atoms with van der Waals surface area (Å²) in [5.41, 5.74) is 8.01. The Labute approximate surface area is 124 Å². The molecule has 0 unspecified atom stereocenters. The summed E-state index contributed by atoms with van der Waals surface area (Å²) in [5.74, 6) is 0. The molecule has 20 heavy (non-hydrogen) atoms. The van der Waals surface area contributed by atoms with Crippen molar-refractivity contribution in [2.75, 3.05) is 32.5 Å². The Bertz CT molecular complexity index is 364. The molecule has 0 aliphatic rings. The predicted molar refractivity (Wildman–Crippen MR) is 87.0 cm³/mol. The molecular formula is C17H30N2O. The second-order valence-corrected chi connectivity index (χ2v) is 5.35. The third-order valence-corrected chi connectivity index (χ3v) is 3.90. The molecule has 0 aliphatic heterocycles. The van der Waals surface area contributed by atoms with Crippen molar-refractivity contribution < 1.29 is 4.74 Å². The highest BCUT2D eigenvalue weighted by Gasteiger charge is 2.14. The zero-order valence-electron chi connectivity index (χ0n) is 13.3. The summed E-state index contributed by atoms with van der Waals surface area (Å²) in [4.78, 5) is 2.57. The van der Waals surface area contributed by atoms with Crippen LogP contribution in [-0.4, -0.2) is 37.7 Å². The van der Waals surface area contributed by atoms with Crippen molar-refractivity contribution in [1.29, 1.82) is 0 Å². The lowest BCUT2D eigenvalue weighted by Crippen LogP contribution is -2.37. The lowest BCUT2D eigenvalue weighted by molar-refractivity contribution is 0.114. The van der Waals surface area contributed by atoms with Gasteiger partial charge >= 0.3 is 0 Å². The second-order valence-electron chi connectivity index (χ2n) is 5.35. The first-order valence-electron chi connectivity index (χ1n) is 7.78. The fourth-order valence-corrected chi connectivity index (χ4v) is 2.73. The van der Waals surface area contributed by atoms with Crippen LogP contribution in [0.4, 0.5) is 5.69 Å². The van der Waals surface area contributed by atoms with Crippen molar-refractivity contribution in [3.63, 3.8) is 0 Å². The van der Waals surface area contributed by atoms with Crippen LogP contribution >= 0.6 is 0 Å². The van der Waals surface area contributed by atoms with Gasteiger partial charge in [0.15, 0.2) is 0 Å². The largest absolute Gasteiger partial charge is 0.399 e. The first-order valence-corrected chi connectivity index (χ1v) is 7.78. The topological polar surface area (TPSA) is 38.5 Å². The van der Waals surface area contributed by atoms with Gasteiger partial charge in [0.05, 0.1) is 6.61 Å². The van der Waals surface area contributed by atoms with E-state index in [0.29, 0.717) is 6.04 Å². The third-order valence-electron chi connectivity index (χ3n) is 3.90. The predicted octanol–water partition coefficient (Wildman–Crippen LogP) is 3.34. The third kappa shape index (κ3) is 5.93. The molecule has 0 aromatic heterocycles. The van der Waals surface area contributed by atoms with E-state index >= 15 is 0 Å². The Kier molecular flexibility index (Phi) is 8.31. The maximum absolute atomic E-state index is 5.82. The maximum atomic E-state index is 5.82. The van der Waals surface area contributed by atoms with E-state index in [-0.39, 0.29) is 0 Å². The summed E-state index contributed by atoms with van der Waals surface area (Å²) in [5, 5.41) is 0. The van der Waals surface area contributed by atoms with Crippen LogP contribution in [0.2, 0.25) is 0 Å². The Morgan fingerprint density at radius 3 is 2.55 bits per heavy atom. The zero-order valence-corrected chi connectivity index (χ0v) is 13.3. The van der Waals surface area contributed by atoms with Crippen LogP contribution in [0.25, 0.3) is 0 Å². The molecule has 0 fully saturated rings. The maximum Gasteiger partial charge on any atom is 0.0589 e. The van der Waals surface area contributed by atoms with E-state index in [4.69, 9.17) is 10.5 Å². The van der Waals surface area contributed by atoms with Gasteiger partial charge in [-0.05, 0) is 49.9 Å². The summed E-state index contributed by atoms with van der Waals surface area (Å²) in [7, 11) is 1.78. The molecule has 3 nitrogen and oxygen atoms in total. The van der Waals surface area contributed by atoms with E-state index in [0.717, 1.165) is 31.8 Å². The summed E-state index contributed by atoms with van der Waals surface area (Å²) < 4.78 is 5.23. The van der Waals surface area contributed by atoms with Gasteiger partial charge in [-0.15, -0.1) is 0 Å². The summed E-state index contributed by atoms with van der Waals surface area (Å²) in [6.07, 6.45) is 4.68. The van der Waals surface area contributed by atoms with Gasteiger partial charge < -0.3 is 10.5 Å². The molecular weight excluding hydrogens is 248 g/mol. The molecule has 0 heterocycles. The van der Waals surface area contributed by atoms with E-state index in [1.165, 1.54) is 24.8 Å². The molecule has 0 amide bonds. The molecule has 0 aliphatic carbocycles. The van der Waals surface area contributed by atoms with Crippen LogP contribution in [0.1, 0.15) is 38.7 Å². The minimum atomic E-state index is 0.672. The number of nitrogens with zero attached hydrogens (tertiary/aromatic N) is 1. The highest BCUT2D eigenvalue weighted by atomic mass is 16.5. The smallest absolute Gasteiger partial charge is 0.0589 e. The SMILES string of the molecule is CCC(CC)N(CCCc1cccc(N)c1)CCOC. The highest BCUT2D eigenvalue weighted by Crippen LogP contribution is 2.12. The number of hydrogen-bond acceptors (Lipinski definition) is 3. The van der Waals surface area contributed by atoms with Gasteiger partial charge in [-0.1, -0.05) is 26.0 Å². The molecule has 0 radical (unpaired) electrons. The van der Waals surface area contributed by atoms with E-state index < -0.39 is 0 Å². The molecule has 0 saturated heterocycles. The van der Waals surface area contributed by atoms with Crippen molar-refractivity contribution in [3.8, 4) is 0 Å². The van der Waals surface area contributed by atoms with Crippen LogP contribution in [0.15, 0.2) is 24.3 Å². The number of aryl methyl sites for hydroxylation is 1. The fourth-order valence-electron chi connectivity index (χ4n) is 2.73. The van der Waals surface area contributed by atoms with Crippen molar-refractivity contribution in [1.82, 2.24) is 4.90 Å².